The van der Waals surface area contributed by atoms with E-state index in [1.807, 2.05) is 12.1 Å². The van der Waals surface area contributed by atoms with E-state index in [0.717, 1.165) is 5.56 Å². The van der Waals surface area contributed by atoms with Gasteiger partial charge in [-0.15, -0.1) is 0 Å². The Kier molecular flexibility index (Phi) is 6.05. The van der Waals surface area contributed by atoms with Crippen LogP contribution in [0.3, 0.4) is 0 Å². The molecule has 1 aliphatic rings. The molecule has 1 fully saturated rings. The molecule has 1 aromatic rings. The molecule has 7 nitrogen and oxygen atoms in total. The van der Waals surface area contributed by atoms with E-state index in [2.05, 4.69) is 26.1 Å². The predicted octanol–water partition coefficient (Wildman–Crippen LogP) is 0.307. The summed E-state index contributed by atoms with van der Waals surface area (Å²) in [5, 5.41) is 32.1. The lowest BCUT2D eigenvalue weighted by Gasteiger charge is -2.42. The Hall–Kier alpha value is -1.67. The van der Waals surface area contributed by atoms with E-state index in [1.54, 1.807) is 12.1 Å². The molecule has 7 heteroatoms. The van der Waals surface area contributed by atoms with E-state index in [-0.39, 0.29) is 11.3 Å². The summed E-state index contributed by atoms with van der Waals surface area (Å²) in [6.45, 7) is 7.12. The van der Waals surface area contributed by atoms with Crippen molar-refractivity contribution in [2.24, 2.45) is 0 Å². The summed E-state index contributed by atoms with van der Waals surface area (Å²) in [6.07, 6.45) is -4.70. The van der Waals surface area contributed by atoms with Crippen LogP contribution in [0.15, 0.2) is 24.3 Å². The Morgan fingerprint density at radius 1 is 1.20 bits per heavy atom. The number of carbonyl (C=O) groups is 1. The first kappa shape index (κ1) is 19.7. The highest BCUT2D eigenvalue weighted by atomic mass is 16.7. The first-order valence-corrected chi connectivity index (χ1v) is 8.30. The number of nitrogens with one attached hydrogen (secondary N) is 1. The van der Waals surface area contributed by atoms with Gasteiger partial charge < -0.3 is 30.1 Å². The van der Waals surface area contributed by atoms with Crippen LogP contribution in [0.5, 0.6) is 5.75 Å². The fourth-order valence-electron chi connectivity index (χ4n) is 2.74. The van der Waals surface area contributed by atoms with E-state index >= 15 is 0 Å². The first-order valence-electron chi connectivity index (χ1n) is 8.30. The summed E-state index contributed by atoms with van der Waals surface area (Å²) in [5.41, 5.74) is 1.13. The third-order valence-corrected chi connectivity index (χ3v) is 4.22. The fourth-order valence-corrected chi connectivity index (χ4v) is 2.74. The number of hydrogen-bond donors (Lipinski definition) is 4. The molecule has 5 atom stereocenters. The molecule has 0 unspecified atom stereocenters. The number of ether oxygens (including phenoxy) is 2. The number of amides is 1. The molecule has 140 valence electrons. The second-order valence-corrected chi connectivity index (χ2v) is 7.33. The molecule has 0 aliphatic carbocycles. The predicted molar refractivity (Wildman–Crippen MR) is 91.1 cm³/mol. The molecule has 1 amide bonds. The lowest BCUT2D eigenvalue weighted by molar-refractivity contribution is -0.244. The number of benzene rings is 1. The summed E-state index contributed by atoms with van der Waals surface area (Å²) in [7, 11) is 0. The normalized spacial score (nSPS) is 30.0. The first-order chi connectivity index (χ1) is 11.6. The largest absolute Gasteiger partial charge is 0.463 e. The van der Waals surface area contributed by atoms with Gasteiger partial charge in [-0.25, -0.2) is 0 Å². The average molecular weight is 353 g/mol. The van der Waals surface area contributed by atoms with Gasteiger partial charge in [-0.2, -0.15) is 0 Å². The minimum atomic E-state index is -1.33. The van der Waals surface area contributed by atoms with Gasteiger partial charge in [-0.3, -0.25) is 4.79 Å². The van der Waals surface area contributed by atoms with Gasteiger partial charge in [0.15, 0.2) is 0 Å². The molecular weight excluding hydrogens is 326 g/mol. The Balaban J connectivity index is 2.19. The zero-order valence-corrected chi connectivity index (χ0v) is 15.0. The molecule has 1 saturated heterocycles. The zero-order valence-electron chi connectivity index (χ0n) is 15.0. The molecule has 0 radical (unpaired) electrons. The number of aliphatic hydroxyl groups excluding tert-OH is 3. The van der Waals surface area contributed by atoms with E-state index in [0.29, 0.717) is 5.75 Å². The molecule has 2 rings (SSSR count). The lowest BCUT2D eigenvalue weighted by atomic mass is 9.87. The molecule has 25 heavy (non-hydrogen) atoms. The Bertz CT molecular complexity index is 582. The van der Waals surface area contributed by atoms with Crippen LogP contribution in [0.4, 0.5) is 0 Å². The maximum atomic E-state index is 11.4. The monoisotopic (exact) mass is 353 g/mol. The van der Waals surface area contributed by atoms with Crippen LogP contribution in [-0.2, 0) is 14.9 Å². The van der Waals surface area contributed by atoms with Crippen molar-refractivity contribution in [2.45, 2.75) is 63.8 Å². The second-order valence-electron chi connectivity index (χ2n) is 7.33. The van der Waals surface area contributed by atoms with Crippen LogP contribution >= 0.6 is 0 Å². The number of rotatable bonds is 4. The van der Waals surface area contributed by atoms with Crippen LogP contribution in [0.1, 0.15) is 33.3 Å². The quantitative estimate of drug-likeness (QED) is 0.620. The summed E-state index contributed by atoms with van der Waals surface area (Å²) in [5.74, 6) is 0.104. The van der Waals surface area contributed by atoms with Crippen LogP contribution in [0, 0.1) is 0 Å². The van der Waals surface area contributed by atoms with E-state index in [4.69, 9.17) is 9.47 Å². The van der Waals surface area contributed by atoms with Crippen molar-refractivity contribution in [3.8, 4) is 5.75 Å². The van der Waals surface area contributed by atoms with Crippen LogP contribution < -0.4 is 10.1 Å². The Morgan fingerprint density at radius 2 is 1.80 bits per heavy atom. The van der Waals surface area contributed by atoms with Crippen molar-refractivity contribution in [3.63, 3.8) is 0 Å². The molecule has 4 N–H and O–H groups in total. The van der Waals surface area contributed by atoms with Crippen LogP contribution in [-0.4, -0.2) is 58.5 Å². The fraction of sp³-hybridized carbons (Fsp3) is 0.611. The standard InChI is InChI=1S/C18H27NO6/c1-10(21)19-14-16(23)15(22)13(9-20)25-17(14)24-12-7-5-11(6-8-12)18(2,3)4/h5-8,13-17,20,22-23H,9H2,1-4H3,(H,19,21)/t13-,14+,15-,16+,17-/m1/s1. The average Bonchev–Trinajstić information content (AvgIpc) is 2.53. The van der Waals surface area contributed by atoms with E-state index in [1.165, 1.54) is 6.92 Å². The SMILES string of the molecule is CC(=O)N[C@@H]1[C@H](Oc2ccc(C(C)(C)C)cc2)O[C@H](CO)[C@@H](O)[C@H]1O. The highest BCUT2D eigenvalue weighted by Gasteiger charge is 2.46. The third kappa shape index (κ3) is 4.70. The second kappa shape index (κ2) is 7.70. The molecular formula is C18H27NO6. The van der Waals surface area contributed by atoms with Gasteiger partial charge in [0, 0.05) is 6.92 Å². The number of hydrogen-bond acceptors (Lipinski definition) is 6. The van der Waals surface area contributed by atoms with Gasteiger partial charge >= 0.3 is 0 Å². The van der Waals surface area contributed by atoms with Crippen molar-refractivity contribution in [1.29, 1.82) is 0 Å². The molecule has 1 heterocycles. The number of aliphatic hydroxyl groups is 3. The van der Waals surface area contributed by atoms with Gasteiger partial charge in [0.2, 0.25) is 12.2 Å². The van der Waals surface area contributed by atoms with Gasteiger partial charge in [-0.05, 0) is 23.1 Å². The smallest absolute Gasteiger partial charge is 0.223 e. The van der Waals surface area contributed by atoms with Gasteiger partial charge in [0.05, 0.1) is 6.61 Å². The van der Waals surface area contributed by atoms with Crippen molar-refractivity contribution in [3.05, 3.63) is 29.8 Å². The van der Waals surface area contributed by atoms with Gasteiger partial charge in [-0.1, -0.05) is 32.9 Å². The molecule has 1 aliphatic heterocycles. The zero-order chi connectivity index (χ0) is 18.8. The summed E-state index contributed by atoms with van der Waals surface area (Å²) >= 11 is 0. The van der Waals surface area contributed by atoms with E-state index < -0.39 is 37.3 Å². The third-order valence-electron chi connectivity index (χ3n) is 4.22. The summed E-state index contributed by atoms with van der Waals surface area (Å²) in [6, 6.07) is 6.46. The molecule has 1 aromatic carbocycles. The molecule has 0 spiro atoms. The topological polar surface area (TPSA) is 108 Å². The maximum absolute atomic E-state index is 11.4. The molecule has 0 bridgehead atoms. The lowest BCUT2D eigenvalue weighted by Crippen LogP contribution is -2.65. The summed E-state index contributed by atoms with van der Waals surface area (Å²) in [4.78, 5) is 11.4. The Labute approximate surface area is 147 Å². The molecule has 0 aromatic heterocycles. The number of carbonyl (C=O) groups excluding carboxylic acids is 1. The maximum Gasteiger partial charge on any atom is 0.223 e. The highest BCUT2D eigenvalue weighted by molar-refractivity contribution is 5.73. The van der Waals surface area contributed by atoms with Crippen molar-refractivity contribution < 1.29 is 29.6 Å². The van der Waals surface area contributed by atoms with Crippen LogP contribution in [0.2, 0.25) is 0 Å². The van der Waals surface area contributed by atoms with Crippen molar-refractivity contribution >= 4 is 5.91 Å². The van der Waals surface area contributed by atoms with Crippen LogP contribution in [0.25, 0.3) is 0 Å². The Morgan fingerprint density at radius 3 is 2.28 bits per heavy atom. The highest BCUT2D eigenvalue weighted by Crippen LogP contribution is 2.27. The molecule has 0 saturated carbocycles. The minimum absolute atomic E-state index is 0.000870. The minimum Gasteiger partial charge on any atom is -0.463 e. The van der Waals surface area contributed by atoms with Gasteiger partial charge in [0.1, 0.15) is 30.1 Å². The summed E-state index contributed by atoms with van der Waals surface area (Å²) < 4.78 is 11.3. The van der Waals surface area contributed by atoms with Crippen molar-refractivity contribution in [1.82, 2.24) is 5.32 Å². The van der Waals surface area contributed by atoms with Gasteiger partial charge in [0.25, 0.3) is 0 Å². The van der Waals surface area contributed by atoms with E-state index in [9.17, 15) is 20.1 Å². The van der Waals surface area contributed by atoms with Crippen molar-refractivity contribution in [2.75, 3.05) is 6.61 Å².